The van der Waals surface area contributed by atoms with E-state index in [0.717, 1.165) is 0 Å². The zero-order chi connectivity index (χ0) is 15.6. The summed E-state index contributed by atoms with van der Waals surface area (Å²) in [6.45, 7) is 1.72. The number of nitrogens with two attached hydrogens (primary N) is 1. The van der Waals surface area contributed by atoms with Gasteiger partial charge in [0.05, 0.1) is 0 Å². The van der Waals surface area contributed by atoms with E-state index in [4.69, 9.17) is 22.2 Å². The second-order valence-corrected chi connectivity index (χ2v) is 4.51. The first-order valence-corrected chi connectivity index (χ1v) is 6.04. The summed E-state index contributed by atoms with van der Waals surface area (Å²) in [7, 11) is 0. The Balaban J connectivity index is 2.42. The SMILES string of the molecule is Cc1ccc(Cl)cc1Oc1cc(C(F)(F)F)nc(NN)n1. The number of anilines is 1. The van der Waals surface area contributed by atoms with Crippen LogP contribution < -0.4 is 16.0 Å². The number of halogens is 4. The molecule has 0 unspecified atom stereocenters. The molecule has 2 aromatic rings. The van der Waals surface area contributed by atoms with Crippen LogP contribution in [0.2, 0.25) is 5.02 Å². The number of aryl methyl sites for hydroxylation is 1. The zero-order valence-corrected chi connectivity index (χ0v) is 11.5. The van der Waals surface area contributed by atoms with Gasteiger partial charge in [-0.1, -0.05) is 17.7 Å². The van der Waals surface area contributed by atoms with Gasteiger partial charge in [-0.3, -0.25) is 5.43 Å². The average Bonchev–Trinajstić information content (AvgIpc) is 2.41. The van der Waals surface area contributed by atoms with Gasteiger partial charge < -0.3 is 4.74 Å². The number of hydrogen-bond donors (Lipinski definition) is 2. The van der Waals surface area contributed by atoms with Gasteiger partial charge in [0, 0.05) is 11.1 Å². The molecule has 0 amide bonds. The van der Waals surface area contributed by atoms with E-state index in [1.54, 1.807) is 19.1 Å². The minimum atomic E-state index is -4.64. The van der Waals surface area contributed by atoms with Crippen LogP contribution >= 0.6 is 11.6 Å². The lowest BCUT2D eigenvalue weighted by molar-refractivity contribution is -0.141. The largest absolute Gasteiger partial charge is 0.439 e. The molecule has 0 aliphatic heterocycles. The van der Waals surface area contributed by atoms with E-state index in [9.17, 15) is 13.2 Å². The van der Waals surface area contributed by atoms with E-state index in [1.807, 2.05) is 5.43 Å². The first-order valence-electron chi connectivity index (χ1n) is 5.66. The lowest BCUT2D eigenvalue weighted by Crippen LogP contribution is -2.15. The highest BCUT2D eigenvalue weighted by Crippen LogP contribution is 2.32. The predicted octanol–water partition coefficient (Wildman–Crippen LogP) is 3.54. The Morgan fingerprint density at radius 1 is 1.24 bits per heavy atom. The molecule has 0 bridgehead atoms. The summed E-state index contributed by atoms with van der Waals surface area (Å²) < 4.78 is 43.5. The van der Waals surface area contributed by atoms with E-state index in [1.165, 1.54) is 6.07 Å². The van der Waals surface area contributed by atoms with Crippen LogP contribution in [-0.4, -0.2) is 9.97 Å². The normalized spacial score (nSPS) is 11.3. The smallest absolute Gasteiger partial charge is 0.433 e. The highest BCUT2D eigenvalue weighted by molar-refractivity contribution is 6.30. The number of nitrogens with one attached hydrogen (secondary N) is 1. The summed E-state index contributed by atoms with van der Waals surface area (Å²) in [6.07, 6.45) is -4.64. The topological polar surface area (TPSA) is 73.1 Å². The number of rotatable bonds is 3. The number of hydrogen-bond acceptors (Lipinski definition) is 5. The van der Waals surface area contributed by atoms with Gasteiger partial charge in [0.25, 0.3) is 0 Å². The van der Waals surface area contributed by atoms with Gasteiger partial charge in [0.1, 0.15) is 5.75 Å². The maximum atomic E-state index is 12.7. The van der Waals surface area contributed by atoms with Crippen molar-refractivity contribution in [2.75, 3.05) is 5.43 Å². The van der Waals surface area contributed by atoms with E-state index >= 15 is 0 Å². The highest BCUT2D eigenvalue weighted by Gasteiger charge is 2.34. The molecule has 0 fully saturated rings. The molecule has 0 atom stereocenters. The lowest BCUT2D eigenvalue weighted by Gasteiger charge is -2.12. The van der Waals surface area contributed by atoms with Crippen molar-refractivity contribution >= 4 is 17.5 Å². The number of nitrogens with zero attached hydrogens (tertiary/aromatic N) is 2. The van der Waals surface area contributed by atoms with E-state index in [0.29, 0.717) is 16.7 Å². The molecule has 1 heterocycles. The van der Waals surface area contributed by atoms with Gasteiger partial charge in [-0.2, -0.15) is 18.2 Å². The fraction of sp³-hybridized carbons (Fsp3) is 0.167. The number of aromatic nitrogens is 2. The number of alkyl halides is 3. The molecule has 9 heteroatoms. The van der Waals surface area contributed by atoms with Crippen LogP contribution in [0.4, 0.5) is 19.1 Å². The van der Waals surface area contributed by atoms with Crippen LogP contribution in [0.1, 0.15) is 11.3 Å². The average molecular weight is 319 g/mol. The van der Waals surface area contributed by atoms with Crippen molar-refractivity contribution in [3.63, 3.8) is 0 Å². The molecule has 112 valence electrons. The minimum absolute atomic E-state index is 0.289. The van der Waals surface area contributed by atoms with Gasteiger partial charge in [-0.15, -0.1) is 0 Å². The van der Waals surface area contributed by atoms with Crippen molar-refractivity contribution in [1.29, 1.82) is 0 Å². The molecule has 3 N–H and O–H groups in total. The Morgan fingerprint density at radius 3 is 2.57 bits per heavy atom. The highest BCUT2D eigenvalue weighted by atomic mass is 35.5. The zero-order valence-electron chi connectivity index (χ0n) is 10.7. The van der Waals surface area contributed by atoms with Gasteiger partial charge in [0.2, 0.25) is 11.8 Å². The molecule has 1 aromatic heterocycles. The molecule has 0 aliphatic carbocycles. The van der Waals surface area contributed by atoms with E-state index in [-0.39, 0.29) is 11.6 Å². The number of hydrazine groups is 1. The van der Waals surface area contributed by atoms with E-state index in [2.05, 4.69) is 9.97 Å². The molecular formula is C12H10ClF3N4O. The third-order valence-corrected chi connectivity index (χ3v) is 2.72. The molecule has 21 heavy (non-hydrogen) atoms. The fourth-order valence-electron chi connectivity index (χ4n) is 1.48. The molecule has 2 rings (SSSR count). The van der Waals surface area contributed by atoms with Crippen LogP contribution in [0, 0.1) is 6.92 Å². The lowest BCUT2D eigenvalue weighted by atomic mass is 10.2. The third-order valence-electron chi connectivity index (χ3n) is 2.49. The molecule has 0 saturated carbocycles. The summed E-state index contributed by atoms with van der Waals surface area (Å²) in [6, 6.07) is 5.46. The number of benzene rings is 1. The monoisotopic (exact) mass is 318 g/mol. The van der Waals surface area contributed by atoms with Crippen molar-refractivity contribution < 1.29 is 17.9 Å². The molecule has 1 aromatic carbocycles. The number of ether oxygens (including phenoxy) is 1. The van der Waals surface area contributed by atoms with Gasteiger partial charge in [-0.25, -0.2) is 10.8 Å². The molecule has 0 radical (unpaired) electrons. The summed E-state index contributed by atoms with van der Waals surface area (Å²) in [5.41, 5.74) is 1.49. The summed E-state index contributed by atoms with van der Waals surface area (Å²) in [4.78, 5) is 6.95. The van der Waals surface area contributed by atoms with Crippen LogP contribution in [-0.2, 0) is 6.18 Å². The summed E-state index contributed by atoms with van der Waals surface area (Å²) >= 11 is 5.82. The maximum Gasteiger partial charge on any atom is 0.433 e. The van der Waals surface area contributed by atoms with Crippen molar-refractivity contribution in [1.82, 2.24) is 9.97 Å². The van der Waals surface area contributed by atoms with Crippen LogP contribution in [0.5, 0.6) is 11.6 Å². The quantitative estimate of drug-likeness (QED) is 0.669. The molecule has 0 spiro atoms. The van der Waals surface area contributed by atoms with Crippen LogP contribution in [0.15, 0.2) is 24.3 Å². The minimum Gasteiger partial charge on any atom is -0.439 e. The first-order chi connectivity index (χ1) is 9.79. The maximum absolute atomic E-state index is 12.7. The standard InChI is InChI=1S/C12H10ClF3N4O/c1-6-2-3-7(13)4-8(6)21-10-5-9(12(14,15)16)18-11(19-10)20-17/h2-5H,17H2,1H3,(H,18,19,20). The molecular weight excluding hydrogens is 309 g/mol. The molecule has 5 nitrogen and oxygen atoms in total. The summed E-state index contributed by atoms with van der Waals surface area (Å²) in [5.74, 6) is 4.65. The fourth-order valence-corrected chi connectivity index (χ4v) is 1.65. The number of nitrogen functional groups attached to an aromatic ring is 1. The van der Waals surface area contributed by atoms with Crippen LogP contribution in [0.3, 0.4) is 0 Å². The van der Waals surface area contributed by atoms with Gasteiger partial charge in [-0.05, 0) is 24.6 Å². The van der Waals surface area contributed by atoms with Crippen LogP contribution in [0.25, 0.3) is 0 Å². The van der Waals surface area contributed by atoms with Gasteiger partial charge >= 0.3 is 6.18 Å². The van der Waals surface area contributed by atoms with Crippen molar-refractivity contribution in [2.45, 2.75) is 13.1 Å². The molecule has 0 aliphatic rings. The van der Waals surface area contributed by atoms with Crippen molar-refractivity contribution in [2.24, 2.45) is 5.84 Å². The Bertz CT molecular complexity index is 663. The predicted molar refractivity (Wildman–Crippen MR) is 71.1 cm³/mol. The first kappa shape index (κ1) is 15.3. The summed E-state index contributed by atoms with van der Waals surface area (Å²) in [5, 5.41) is 0.387. The van der Waals surface area contributed by atoms with E-state index < -0.39 is 17.8 Å². The third kappa shape index (κ3) is 3.73. The Labute approximate surface area is 122 Å². The molecule has 0 saturated heterocycles. The Morgan fingerprint density at radius 2 is 1.95 bits per heavy atom. The Hall–Kier alpha value is -2.06. The second-order valence-electron chi connectivity index (χ2n) is 4.07. The van der Waals surface area contributed by atoms with Crippen molar-refractivity contribution in [3.05, 3.63) is 40.5 Å². The second kappa shape index (κ2) is 5.74. The van der Waals surface area contributed by atoms with Gasteiger partial charge in [0.15, 0.2) is 5.69 Å². The Kier molecular flexibility index (Phi) is 4.19. The van der Waals surface area contributed by atoms with Crippen molar-refractivity contribution in [3.8, 4) is 11.6 Å².